The summed E-state index contributed by atoms with van der Waals surface area (Å²) >= 11 is 0. The van der Waals surface area contributed by atoms with Crippen LogP contribution >= 0.6 is 0 Å². The number of fused-ring (bicyclic) bond motifs is 6. The molecule has 0 radical (unpaired) electrons. The zero-order valence-electron chi connectivity index (χ0n) is 57.3. The number of pyridine rings is 1. The smallest absolute Gasteiger partial charge is 0.260 e. The number of aryl methyl sites for hydroxylation is 1. The first kappa shape index (κ1) is 69.9. The van der Waals surface area contributed by atoms with Crippen LogP contribution in [0, 0.1) is 30.1 Å². The van der Waals surface area contributed by atoms with E-state index in [1.54, 1.807) is 82.0 Å². The van der Waals surface area contributed by atoms with Crippen LogP contribution in [-0.4, -0.2) is 158 Å². The quantitative estimate of drug-likeness (QED) is 0.0217. The number of methoxy groups -OCH3 is 2. The van der Waals surface area contributed by atoms with Crippen LogP contribution in [0.1, 0.15) is 120 Å². The Morgan fingerprint density at radius 1 is 0.743 bits per heavy atom. The molecule has 6 heterocycles. The average Bonchev–Trinajstić information content (AvgIpc) is 1.58. The largest absolute Gasteiger partial charge is 0.493 e. The second kappa shape index (κ2) is 30.7. The van der Waals surface area contributed by atoms with Crippen LogP contribution in [0.3, 0.4) is 0 Å². The van der Waals surface area contributed by atoms with Crippen LogP contribution < -0.4 is 60.6 Å². The van der Waals surface area contributed by atoms with E-state index in [0.717, 1.165) is 46.4 Å². The maximum absolute atomic E-state index is 14.5. The van der Waals surface area contributed by atoms with Crippen LogP contribution in [0.4, 0.5) is 22.7 Å². The number of amides is 8. The second-order valence-electron chi connectivity index (χ2n) is 26.6. The fourth-order valence-electron chi connectivity index (χ4n) is 13.3. The average molecular weight is 1370 g/mol. The number of aromatic nitrogens is 1. The number of carbonyl (C=O) groups excluding carboxylic acids is 8. The molecule has 5 aliphatic heterocycles. The summed E-state index contributed by atoms with van der Waals surface area (Å²) < 4.78 is 30.5. The molecule has 6 aromatic rings. The lowest BCUT2D eigenvalue weighted by Crippen LogP contribution is -2.55. The molecule has 1 saturated heterocycles. The molecule has 2 fully saturated rings. The van der Waals surface area contributed by atoms with Gasteiger partial charge < -0.3 is 80.3 Å². The van der Waals surface area contributed by atoms with E-state index in [0.29, 0.717) is 94.8 Å². The molecule has 0 bridgehead atoms. The van der Waals surface area contributed by atoms with Gasteiger partial charge in [-0.2, -0.15) is 0 Å². The predicted molar refractivity (Wildman–Crippen MR) is 376 cm³/mol. The number of carbonyl (C=O) groups is 8. The summed E-state index contributed by atoms with van der Waals surface area (Å²) in [5, 5.41) is 28.7. The molecule has 8 amide bonds. The first-order valence-electron chi connectivity index (χ1n) is 34.0. The number of nitrogens with one attached hydrogen (secondary N) is 6. The molecule has 1 unspecified atom stereocenters. The minimum absolute atomic E-state index is 0.0268. The van der Waals surface area contributed by atoms with Crippen LogP contribution in [0.2, 0.25) is 0 Å². The maximum atomic E-state index is 14.5. The summed E-state index contributed by atoms with van der Waals surface area (Å²) in [6.07, 6.45) is 6.01. The Hall–Kier alpha value is -11.0. The Bertz CT molecular complexity index is 4280. The lowest BCUT2D eigenvalue weighted by Gasteiger charge is -2.33. The number of rotatable bonds is 26. The maximum Gasteiger partial charge on any atom is 0.260 e. The molecule has 5 atom stereocenters. The summed E-state index contributed by atoms with van der Waals surface area (Å²) in [4.78, 5) is 119. The second-order valence-corrected chi connectivity index (χ2v) is 26.6. The third-order valence-corrected chi connectivity index (χ3v) is 19.1. The van der Waals surface area contributed by atoms with Gasteiger partial charge in [0.1, 0.15) is 25.0 Å². The Kier molecular flexibility index (Phi) is 21.2. The van der Waals surface area contributed by atoms with Gasteiger partial charge in [-0.3, -0.25) is 43.3 Å². The number of aliphatic hydroxyl groups excluding tert-OH is 1. The van der Waals surface area contributed by atoms with Crippen LogP contribution in [-0.2, 0) is 46.7 Å². The number of ether oxygens (including phenoxy) is 5. The van der Waals surface area contributed by atoms with E-state index in [1.165, 1.54) is 21.1 Å². The number of para-hydroxylation sites is 1. The Balaban J connectivity index is 0.597. The van der Waals surface area contributed by atoms with Gasteiger partial charge in [-0.25, -0.2) is 0 Å². The van der Waals surface area contributed by atoms with Crippen molar-refractivity contribution < 1.29 is 67.1 Å². The van der Waals surface area contributed by atoms with Gasteiger partial charge in [0.25, 0.3) is 11.8 Å². The van der Waals surface area contributed by atoms with Crippen LogP contribution in [0.15, 0.2) is 122 Å². The molecule has 7 N–H and O–H groups in total. The van der Waals surface area contributed by atoms with E-state index < -0.39 is 72.9 Å². The minimum Gasteiger partial charge on any atom is -0.493 e. The zero-order chi connectivity index (χ0) is 71.1. The molecule has 12 rings (SSSR count). The first-order chi connectivity index (χ1) is 48.7. The number of hydrogen-bond donors (Lipinski definition) is 7. The highest BCUT2D eigenvalue weighted by atomic mass is 16.5. The lowest BCUT2D eigenvalue weighted by atomic mass is 10.0. The lowest BCUT2D eigenvalue weighted by molar-refractivity contribution is -0.132. The van der Waals surface area contributed by atoms with Gasteiger partial charge in [0.15, 0.2) is 23.0 Å². The van der Waals surface area contributed by atoms with Crippen molar-refractivity contribution >= 4 is 75.6 Å². The molecule has 25 heteroatoms. The summed E-state index contributed by atoms with van der Waals surface area (Å²) in [5.74, 6) is 3.73. The van der Waals surface area contributed by atoms with E-state index in [2.05, 4.69) is 48.7 Å². The summed E-state index contributed by atoms with van der Waals surface area (Å²) in [7, 11) is 3.03. The number of anilines is 4. The zero-order valence-corrected chi connectivity index (χ0v) is 57.3. The van der Waals surface area contributed by atoms with Crippen molar-refractivity contribution in [2.45, 2.75) is 116 Å². The highest BCUT2D eigenvalue weighted by Crippen LogP contribution is 2.57. The third-order valence-electron chi connectivity index (χ3n) is 19.1. The van der Waals surface area contributed by atoms with E-state index >= 15 is 0 Å². The van der Waals surface area contributed by atoms with Crippen molar-refractivity contribution in [1.29, 1.82) is 0 Å². The van der Waals surface area contributed by atoms with Gasteiger partial charge in [0, 0.05) is 79.4 Å². The fourth-order valence-corrected chi connectivity index (χ4v) is 13.3. The highest BCUT2D eigenvalue weighted by Gasteiger charge is 2.57. The van der Waals surface area contributed by atoms with Crippen LogP contribution in [0.5, 0.6) is 23.0 Å². The van der Waals surface area contributed by atoms with Gasteiger partial charge in [-0.05, 0) is 122 Å². The normalized spacial score (nSPS) is 17.9. The minimum atomic E-state index is -1.13. The molecule has 5 aromatic carbocycles. The van der Waals surface area contributed by atoms with Crippen molar-refractivity contribution in [3.05, 3.63) is 166 Å². The Morgan fingerprint density at radius 2 is 1.44 bits per heavy atom. The molecule has 101 heavy (non-hydrogen) atoms. The van der Waals surface area contributed by atoms with Crippen molar-refractivity contribution in [3.63, 3.8) is 0 Å². The monoisotopic (exact) mass is 1370 g/mol. The van der Waals surface area contributed by atoms with Gasteiger partial charge in [-0.15, -0.1) is 0 Å². The fraction of sp³-hybridized carbons (Fsp3) is 0.382. The molecular weight excluding hydrogens is 1290 g/mol. The Morgan fingerprint density at radius 3 is 2.16 bits per heavy atom. The SMILES string of the molecule is COc1cc2c(cc1OCCCOc1cc3c(cc1OC)C(=O)N1CC4(CC4)C[C@H]1C(O)N3COCc1ccc(NC(=O)[C@H](C)NC(=O)[C@@H](NC(=O)CNC(=O)CNC(=O)CCC(=O)N3Cc4ccccc4C#Cc4ccccc43)C(C)C)cc1)NC[C@@H]1CC(c3ccc(C)nc3)=CN1C2=O. The van der Waals surface area contributed by atoms with Gasteiger partial charge in [-0.1, -0.05) is 74.2 Å². The molecule has 25 nitrogen and oxygen atoms in total. The molecule has 1 spiro atoms. The molecule has 6 aliphatic rings. The number of benzene rings is 5. The standard InChI is InChI=1S/C76H83N11O14/c1-45(2)70(83-68(90)39-80-67(89)38-79-66(88)24-25-69(91)85-40-52-14-8-7-12-49(52)20-21-50-13-9-10-15-59(50)85)72(93)81-47(4)71(92)82-54-22-17-48(18-23-54)42-99-44-87-60-34-65(63(98-6)32-57(60)74(95)86-43-76(26-27-76)35-61(86)75(87)96)101-29-11-28-100-64-33-58-56(31-62(64)97-5)73(94)84-41-53(30-55(84)37-78-58)51-19-16-46(3)77-36-51/h7-10,12-19,22-23,31-34,36,41,45,47,55,61,70,75,78,96H,11,24-30,35,37-40,42-44H2,1-6H3,(H,79,88)(H,80,89)(H,81,93)(H,82,92)(H,83,90)/t47-,55-,61-,70-,75?/m0/s1. The van der Waals surface area contributed by atoms with Crippen molar-refractivity contribution in [3.8, 4) is 34.8 Å². The number of hydrogen-bond acceptors (Lipinski definition) is 17. The summed E-state index contributed by atoms with van der Waals surface area (Å²) in [5.41, 5.74) is 8.94. The van der Waals surface area contributed by atoms with E-state index in [-0.39, 0.29) is 75.1 Å². The third kappa shape index (κ3) is 16.0. The van der Waals surface area contributed by atoms with E-state index in [1.807, 2.05) is 80.0 Å². The first-order valence-corrected chi connectivity index (χ1v) is 34.0. The van der Waals surface area contributed by atoms with E-state index in [4.69, 9.17) is 23.7 Å². The molecule has 1 saturated carbocycles. The van der Waals surface area contributed by atoms with Gasteiger partial charge >= 0.3 is 0 Å². The molecular formula is C76H83N11O14. The summed E-state index contributed by atoms with van der Waals surface area (Å²) in [6.45, 7) is 7.63. The van der Waals surface area contributed by atoms with Crippen molar-refractivity contribution in [1.82, 2.24) is 36.1 Å². The number of aliphatic hydroxyl groups is 1. The number of nitrogens with zero attached hydrogens (tertiary/aromatic N) is 5. The van der Waals surface area contributed by atoms with Crippen LogP contribution in [0.25, 0.3) is 5.57 Å². The predicted octanol–water partition coefficient (Wildman–Crippen LogP) is 6.79. The topological polar surface area (TPSA) is 301 Å². The van der Waals surface area contributed by atoms with Crippen molar-refractivity contribution in [2.75, 3.05) is 80.8 Å². The van der Waals surface area contributed by atoms with Gasteiger partial charge in [0.2, 0.25) is 35.4 Å². The van der Waals surface area contributed by atoms with E-state index in [9.17, 15) is 43.5 Å². The van der Waals surface area contributed by atoms with Gasteiger partial charge in [0.05, 0.1) is 93.9 Å². The highest BCUT2D eigenvalue weighted by molar-refractivity contribution is 6.04. The molecule has 526 valence electrons. The summed E-state index contributed by atoms with van der Waals surface area (Å²) in [6, 6.07) is 29.9. The molecule has 1 aromatic heterocycles. The Labute approximate surface area is 585 Å². The molecule has 1 aliphatic carbocycles. The van der Waals surface area contributed by atoms with Crippen molar-refractivity contribution in [2.24, 2.45) is 11.3 Å².